The monoisotopic (exact) mass is 513 g/mol. The molecule has 0 bridgehead atoms. The number of carbonyl (C=O) groups is 2. The van der Waals surface area contributed by atoms with Crippen molar-refractivity contribution in [2.45, 2.75) is 58.5 Å². The van der Waals surface area contributed by atoms with E-state index in [-0.39, 0.29) is 17.7 Å². The number of nitrogens with zero attached hydrogens (tertiary/aromatic N) is 2. The van der Waals surface area contributed by atoms with Crippen LogP contribution in [0.3, 0.4) is 0 Å². The summed E-state index contributed by atoms with van der Waals surface area (Å²) in [6.45, 7) is 13.6. The van der Waals surface area contributed by atoms with Gasteiger partial charge in [-0.1, -0.05) is 11.6 Å². The number of hydrogen-bond donors (Lipinski definition) is 1. The van der Waals surface area contributed by atoms with E-state index >= 15 is 0 Å². The van der Waals surface area contributed by atoms with Crippen LogP contribution in [-0.4, -0.2) is 72.4 Å². The third-order valence-corrected chi connectivity index (χ3v) is 7.00. The second kappa shape index (κ2) is 13.2. The molecule has 1 heterocycles. The molecule has 6 nitrogen and oxygen atoms in total. The van der Waals surface area contributed by atoms with E-state index in [0.29, 0.717) is 22.8 Å². The van der Waals surface area contributed by atoms with Crippen LogP contribution in [0.4, 0.5) is 0 Å². The molecule has 0 atom stereocenters. The number of ketones is 1. The molecule has 1 aliphatic rings. The van der Waals surface area contributed by atoms with E-state index in [2.05, 4.69) is 15.1 Å². The summed E-state index contributed by atoms with van der Waals surface area (Å²) in [6.07, 6.45) is 3.23. The van der Waals surface area contributed by atoms with Gasteiger partial charge in [0.05, 0.1) is 12.1 Å². The Hall–Kier alpha value is -2.41. The number of unbranched alkanes of at least 4 members (excludes halogenated alkanes) is 2. The normalized spacial score (nSPS) is 15.2. The molecule has 1 saturated heterocycles. The predicted octanol–water partition coefficient (Wildman–Crippen LogP) is 5.04. The van der Waals surface area contributed by atoms with Gasteiger partial charge in [-0.2, -0.15) is 0 Å². The topological polar surface area (TPSA) is 61.9 Å². The van der Waals surface area contributed by atoms with Crippen LogP contribution >= 0.6 is 11.6 Å². The van der Waals surface area contributed by atoms with Crippen molar-refractivity contribution in [3.05, 3.63) is 64.7 Å². The largest absolute Gasteiger partial charge is 0.494 e. The highest BCUT2D eigenvalue weighted by atomic mass is 35.5. The smallest absolute Gasteiger partial charge is 0.240 e. The Morgan fingerprint density at radius 2 is 1.50 bits per heavy atom. The maximum atomic E-state index is 12.6. The predicted molar refractivity (Wildman–Crippen MR) is 146 cm³/mol. The quantitative estimate of drug-likeness (QED) is 0.318. The van der Waals surface area contributed by atoms with Crippen LogP contribution in [0.25, 0.3) is 0 Å². The van der Waals surface area contributed by atoms with E-state index in [1.807, 2.05) is 39.8 Å². The fraction of sp³-hybridized carbons (Fsp3) is 0.517. The second-order valence-corrected chi connectivity index (χ2v) is 10.7. The molecule has 1 N–H and O–H groups in total. The fourth-order valence-corrected chi connectivity index (χ4v) is 4.51. The zero-order chi connectivity index (χ0) is 26.1. The Labute approximate surface area is 220 Å². The average molecular weight is 514 g/mol. The number of ether oxygens (including phenoxy) is 1. The molecule has 0 spiro atoms. The molecule has 3 rings (SSSR count). The minimum Gasteiger partial charge on any atom is -0.494 e. The van der Waals surface area contributed by atoms with E-state index in [1.54, 1.807) is 36.4 Å². The van der Waals surface area contributed by atoms with Gasteiger partial charge in [0.25, 0.3) is 0 Å². The Kier molecular flexibility index (Phi) is 10.3. The van der Waals surface area contributed by atoms with Gasteiger partial charge in [-0.05, 0) is 102 Å². The minimum atomic E-state index is -0.477. The Bertz CT molecular complexity index is 982. The van der Waals surface area contributed by atoms with Gasteiger partial charge in [0.1, 0.15) is 5.75 Å². The first-order valence-electron chi connectivity index (χ1n) is 13.0. The van der Waals surface area contributed by atoms with Gasteiger partial charge < -0.3 is 15.0 Å². The van der Waals surface area contributed by atoms with Gasteiger partial charge in [-0.25, -0.2) is 0 Å². The molecule has 0 unspecified atom stereocenters. The standard InChI is InChI=1S/C29H40ClN3O3/c1-22(2)31-28(35)29(3,4)33-19-17-32(18-20-33)16-6-5-7-21-36-26-14-10-24(11-15-26)27(34)23-8-12-25(30)13-9-23/h8-15,22H,5-7,16-21H2,1-4H3,(H,31,35). The van der Waals surface area contributed by atoms with Crippen LogP contribution in [0.5, 0.6) is 5.75 Å². The summed E-state index contributed by atoms with van der Waals surface area (Å²) in [7, 11) is 0. The van der Waals surface area contributed by atoms with Crippen molar-refractivity contribution in [3.63, 3.8) is 0 Å². The first kappa shape index (κ1) is 28.2. The fourth-order valence-electron chi connectivity index (χ4n) is 4.39. The average Bonchev–Trinajstić information content (AvgIpc) is 2.86. The maximum absolute atomic E-state index is 12.6. The van der Waals surface area contributed by atoms with E-state index < -0.39 is 5.54 Å². The van der Waals surface area contributed by atoms with Crippen LogP contribution in [0, 0.1) is 0 Å². The van der Waals surface area contributed by atoms with Gasteiger partial charge in [0.15, 0.2) is 5.78 Å². The highest BCUT2D eigenvalue weighted by Gasteiger charge is 2.36. The summed E-state index contributed by atoms with van der Waals surface area (Å²) in [5.41, 5.74) is 0.776. The molecule has 36 heavy (non-hydrogen) atoms. The number of hydrogen-bond acceptors (Lipinski definition) is 5. The number of halogens is 1. The van der Waals surface area contributed by atoms with Gasteiger partial charge >= 0.3 is 0 Å². The van der Waals surface area contributed by atoms with E-state index in [1.165, 1.54) is 0 Å². The van der Waals surface area contributed by atoms with Crippen molar-refractivity contribution in [3.8, 4) is 5.75 Å². The van der Waals surface area contributed by atoms with Gasteiger partial charge in [-0.3, -0.25) is 14.5 Å². The molecule has 0 saturated carbocycles. The third kappa shape index (κ3) is 8.05. The Morgan fingerprint density at radius 3 is 2.08 bits per heavy atom. The highest BCUT2D eigenvalue weighted by molar-refractivity contribution is 6.30. The lowest BCUT2D eigenvalue weighted by Gasteiger charge is -2.43. The number of rotatable bonds is 12. The molecule has 0 aliphatic carbocycles. The van der Waals surface area contributed by atoms with Crippen LogP contribution in [0.2, 0.25) is 5.02 Å². The first-order valence-corrected chi connectivity index (χ1v) is 13.4. The summed E-state index contributed by atoms with van der Waals surface area (Å²) in [6, 6.07) is 14.4. The maximum Gasteiger partial charge on any atom is 0.240 e. The minimum absolute atomic E-state index is 0.0264. The van der Waals surface area contributed by atoms with Gasteiger partial charge in [0, 0.05) is 48.4 Å². The zero-order valence-electron chi connectivity index (χ0n) is 22.1. The lowest BCUT2D eigenvalue weighted by Crippen LogP contribution is -2.61. The van der Waals surface area contributed by atoms with E-state index in [4.69, 9.17) is 16.3 Å². The molecule has 0 aromatic heterocycles. The van der Waals surface area contributed by atoms with E-state index in [0.717, 1.165) is 57.7 Å². The number of nitrogens with one attached hydrogen (secondary N) is 1. The van der Waals surface area contributed by atoms with Crippen molar-refractivity contribution in [2.75, 3.05) is 39.3 Å². The van der Waals surface area contributed by atoms with Crippen LogP contribution in [-0.2, 0) is 4.79 Å². The molecule has 2 aromatic carbocycles. The summed E-state index contributed by atoms with van der Waals surface area (Å²) in [5.74, 6) is 0.859. The van der Waals surface area contributed by atoms with Crippen molar-refractivity contribution >= 4 is 23.3 Å². The van der Waals surface area contributed by atoms with Crippen LogP contribution in [0.1, 0.15) is 62.9 Å². The van der Waals surface area contributed by atoms with Crippen molar-refractivity contribution in [1.29, 1.82) is 0 Å². The first-order chi connectivity index (χ1) is 17.2. The van der Waals surface area contributed by atoms with Crippen molar-refractivity contribution in [2.24, 2.45) is 0 Å². The lowest BCUT2D eigenvalue weighted by molar-refractivity contribution is -0.133. The van der Waals surface area contributed by atoms with Gasteiger partial charge in [-0.15, -0.1) is 0 Å². The summed E-state index contributed by atoms with van der Waals surface area (Å²) in [5, 5.41) is 3.66. The number of carbonyl (C=O) groups excluding carboxylic acids is 2. The Morgan fingerprint density at radius 1 is 0.917 bits per heavy atom. The molecule has 7 heteroatoms. The molecule has 1 amide bonds. The lowest BCUT2D eigenvalue weighted by atomic mass is 9.99. The number of benzene rings is 2. The molecule has 2 aromatic rings. The SMILES string of the molecule is CC(C)NC(=O)C(C)(C)N1CCN(CCCCCOc2ccc(C(=O)c3ccc(Cl)cc3)cc2)CC1. The number of amides is 1. The summed E-state index contributed by atoms with van der Waals surface area (Å²) >= 11 is 5.90. The van der Waals surface area contributed by atoms with Crippen molar-refractivity contribution in [1.82, 2.24) is 15.1 Å². The van der Waals surface area contributed by atoms with Crippen molar-refractivity contribution < 1.29 is 14.3 Å². The molecule has 1 fully saturated rings. The molecule has 0 radical (unpaired) electrons. The zero-order valence-corrected chi connectivity index (χ0v) is 22.8. The highest BCUT2D eigenvalue weighted by Crippen LogP contribution is 2.19. The van der Waals surface area contributed by atoms with Crippen LogP contribution in [0.15, 0.2) is 48.5 Å². The summed E-state index contributed by atoms with van der Waals surface area (Å²) in [4.78, 5) is 29.9. The van der Waals surface area contributed by atoms with Crippen LogP contribution < -0.4 is 10.1 Å². The molecule has 196 valence electrons. The molecular weight excluding hydrogens is 474 g/mol. The Balaban J connectivity index is 1.30. The second-order valence-electron chi connectivity index (χ2n) is 10.3. The molecule has 1 aliphatic heterocycles. The number of piperazine rings is 1. The third-order valence-electron chi connectivity index (χ3n) is 6.75. The summed E-state index contributed by atoms with van der Waals surface area (Å²) < 4.78 is 5.87. The molecular formula is C29H40ClN3O3. The van der Waals surface area contributed by atoms with E-state index in [9.17, 15) is 9.59 Å². The van der Waals surface area contributed by atoms with Gasteiger partial charge in [0.2, 0.25) is 5.91 Å².